The molecule has 0 atom stereocenters. The Morgan fingerprint density at radius 3 is 1.53 bits per heavy atom. The van der Waals surface area contributed by atoms with Crippen LogP contribution < -0.4 is 0 Å². The van der Waals surface area contributed by atoms with Gasteiger partial charge in [-0.1, -0.05) is 158 Å². The second kappa shape index (κ2) is 16.1. The van der Waals surface area contributed by atoms with E-state index >= 15 is 13.2 Å². The molecule has 0 N–H and O–H groups in total. The summed E-state index contributed by atoms with van der Waals surface area (Å²) in [5.74, 6) is 0. The number of hydrogen-bond acceptors (Lipinski definition) is 2. The molecule has 8 aromatic carbocycles. The summed E-state index contributed by atoms with van der Waals surface area (Å²) in [6.45, 7) is 9.09. The Kier molecular flexibility index (Phi) is 9.59. The van der Waals surface area contributed by atoms with Gasteiger partial charge in [0.25, 0.3) is 0 Å². The number of benzene rings is 8. The van der Waals surface area contributed by atoms with Gasteiger partial charge in [-0.25, -0.2) is 4.85 Å². The second-order valence-electron chi connectivity index (χ2n) is 16.7. The Hall–Kier alpha value is -9.06. The number of aromatic nitrogens is 4. The molecule has 8 heteroatoms. The molecule has 0 fully saturated rings. The zero-order valence-electron chi connectivity index (χ0n) is 36.2. The first-order valence-corrected chi connectivity index (χ1v) is 22.2. The van der Waals surface area contributed by atoms with Crippen LogP contribution in [-0.2, 0) is 6.18 Å². The SMILES string of the molecule is [C-]#[N+]c1c(-n2c3ccccc3c3ccc(-c4ccc(-c5ccccc5)nc4)cc32)ccc(-c2ccccc2C(F)(F)F)c1-n1c2ccccc2c2ccc(-c3ccc(-c4ccccc4)cn3)cc21. The van der Waals surface area contributed by atoms with Gasteiger partial charge in [-0.05, 0) is 70.8 Å². The minimum absolute atomic E-state index is 0.0253. The van der Waals surface area contributed by atoms with Crippen molar-refractivity contribution < 1.29 is 13.2 Å². The highest BCUT2D eigenvalue weighted by Crippen LogP contribution is 2.48. The van der Waals surface area contributed by atoms with Crippen molar-refractivity contribution >= 4 is 49.3 Å². The van der Waals surface area contributed by atoms with E-state index in [0.29, 0.717) is 11.4 Å². The van der Waals surface area contributed by atoms with Crippen molar-refractivity contribution in [3.63, 3.8) is 0 Å². The molecule has 0 unspecified atom stereocenters. The normalized spacial score (nSPS) is 11.7. The van der Waals surface area contributed by atoms with Crippen LogP contribution in [0, 0.1) is 6.57 Å². The molecule has 0 aliphatic carbocycles. The maximum absolute atomic E-state index is 15.1. The van der Waals surface area contributed by atoms with E-state index in [2.05, 4.69) is 39.7 Å². The first-order chi connectivity index (χ1) is 33.3. The van der Waals surface area contributed by atoms with E-state index in [4.69, 9.17) is 16.5 Å². The van der Waals surface area contributed by atoms with Crippen molar-refractivity contribution in [2.75, 3.05) is 0 Å². The van der Waals surface area contributed by atoms with Gasteiger partial charge in [0.15, 0.2) is 0 Å². The van der Waals surface area contributed by atoms with Crippen molar-refractivity contribution in [3.8, 4) is 67.3 Å². The Morgan fingerprint density at radius 1 is 0.397 bits per heavy atom. The molecule has 68 heavy (non-hydrogen) atoms. The van der Waals surface area contributed by atoms with E-state index in [1.54, 1.807) is 18.2 Å². The number of hydrogen-bond donors (Lipinski definition) is 0. The summed E-state index contributed by atoms with van der Waals surface area (Å²) < 4.78 is 49.4. The van der Waals surface area contributed by atoms with Crippen LogP contribution in [-0.4, -0.2) is 19.1 Å². The van der Waals surface area contributed by atoms with Gasteiger partial charge >= 0.3 is 6.18 Å². The molecular formula is C60H36F3N5. The summed E-state index contributed by atoms with van der Waals surface area (Å²) in [7, 11) is 0. The Balaban J connectivity index is 1.13. The highest BCUT2D eigenvalue weighted by atomic mass is 19.4. The number of nitrogens with zero attached hydrogens (tertiary/aromatic N) is 5. The van der Waals surface area contributed by atoms with Gasteiger partial charge in [-0.15, -0.1) is 0 Å². The number of para-hydroxylation sites is 2. The monoisotopic (exact) mass is 883 g/mol. The Morgan fingerprint density at radius 2 is 0.897 bits per heavy atom. The zero-order valence-corrected chi connectivity index (χ0v) is 36.2. The van der Waals surface area contributed by atoms with Gasteiger partial charge in [-0.2, -0.15) is 13.2 Å². The summed E-state index contributed by atoms with van der Waals surface area (Å²) in [6.07, 6.45) is -0.950. The molecular weight excluding hydrogens is 848 g/mol. The van der Waals surface area contributed by atoms with Gasteiger partial charge in [0, 0.05) is 56.2 Å². The smallest absolute Gasteiger partial charge is 0.319 e. The summed E-state index contributed by atoms with van der Waals surface area (Å²) >= 11 is 0. The molecule has 0 amide bonds. The lowest BCUT2D eigenvalue weighted by Gasteiger charge is -2.22. The molecule has 12 rings (SSSR count). The predicted molar refractivity (Wildman–Crippen MR) is 269 cm³/mol. The van der Waals surface area contributed by atoms with Crippen molar-refractivity contribution in [1.82, 2.24) is 19.1 Å². The van der Waals surface area contributed by atoms with E-state index in [0.717, 1.165) is 94.4 Å². The summed E-state index contributed by atoms with van der Waals surface area (Å²) in [5.41, 5.74) is 11.0. The fourth-order valence-electron chi connectivity index (χ4n) is 9.76. The number of pyridine rings is 2. The van der Waals surface area contributed by atoms with Gasteiger partial charge in [0.05, 0.1) is 57.0 Å². The number of rotatable bonds is 7. The van der Waals surface area contributed by atoms with E-state index in [-0.39, 0.29) is 16.8 Å². The van der Waals surface area contributed by atoms with Crippen LogP contribution in [0.2, 0.25) is 0 Å². The fourth-order valence-corrected chi connectivity index (χ4v) is 9.76. The van der Waals surface area contributed by atoms with Crippen molar-refractivity contribution in [2.45, 2.75) is 6.18 Å². The molecule has 0 saturated carbocycles. The summed E-state index contributed by atoms with van der Waals surface area (Å²) in [6, 6.07) is 65.6. The molecule has 0 bridgehead atoms. The maximum atomic E-state index is 15.1. The number of alkyl halides is 3. The van der Waals surface area contributed by atoms with Crippen LogP contribution in [0.4, 0.5) is 18.9 Å². The fraction of sp³-hybridized carbons (Fsp3) is 0.0167. The average molecular weight is 884 g/mol. The number of halogens is 3. The van der Waals surface area contributed by atoms with E-state index in [9.17, 15) is 0 Å². The Bertz CT molecular complexity index is 3940. The van der Waals surface area contributed by atoms with Gasteiger partial charge in [-0.3, -0.25) is 9.97 Å². The molecule has 4 heterocycles. The van der Waals surface area contributed by atoms with E-state index in [1.165, 1.54) is 12.1 Å². The quantitative estimate of drug-likeness (QED) is 0.150. The number of fused-ring (bicyclic) bond motifs is 6. The van der Waals surface area contributed by atoms with Crippen LogP contribution in [0.25, 0.3) is 116 Å². The first-order valence-electron chi connectivity index (χ1n) is 22.2. The van der Waals surface area contributed by atoms with Crippen LogP contribution in [0.15, 0.2) is 219 Å². The predicted octanol–water partition coefficient (Wildman–Crippen LogP) is 16.6. The zero-order chi connectivity index (χ0) is 45.9. The van der Waals surface area contributed by atoms with Crippen molar-refractivity contribution in [1.29, 1.82) is 0 Å². The third-order valence-corrected chi connectivity index (χ3v) is 12.9. The van der Waals surface area contributed by atoms with Crippen LogP contribution >= 0.6 is 0 Å². The van der Waals surface area contributed by atoms with E-state index < -0.39 is 11.7 Å². The second-order valence-corrected chi connectivity index (χ2v) is 16.7. The largest absolute Gasteiger partial charge is 0.417 e. The van der Waals surface area contributed by atoms with Gasteiger partial charge in [0.1, 0.15) is 0 Å². The standard InChI is InChI=1S/C60H36F3N5/c1-64-58-55(67-53-22-12-9-19-45(53)47-28-24-40(34-56(47)67)43-27-31-51(65-37-43)39-16-6-3-7-17-39)33-30-49(44-18-8-11-21-50(44)60(61,62)63)59(58)68-54-23-13-10-20-46(54)48-29-25-41(35-57(48)68)52-32-26-42(36-66-52)38-14-4-2-5-15-38/h2-37H. The molecule has 5 nitrogen and oxygen atoms in total. The lowest BCUT2D eigenvalue weighted by molar-refractivity contribution is -0.137. The highest BCUT2D eigenvalue weighted by molar-refractivity contribution is 6.13. The lowest BCUT2D eigenvalue weighted by atomic mass is 9.95. The van der Waals surface area contributed by atoms with Crippen molar-refractivity contribution in [3.05, 3.63) is 236 Å². The van der Waals surface area contributed by atoms with Crippen molar-refractivity contribution in [2.24, 2.45) is 0 Å². The summed E-state index contributed by atoms with van der Waals surface area (Å²) in [5, 5.41) is 3.72. The molecule has 12 aromatic rings. The topological polar surface area (TPSA) is 40.0 Å². The van der Waals surface area contributed by atoms with Crippen LogP contribution in [0.1, 0.15) is 5.56 Å². The van der Waals surface area contributed by atoms with Crippen LogP contribution in [0.5, 0.6) is 0 Å². The maximum Gasteiger partial charge on any atom is 0.417 e. The minimum atomic E-state index is -4.67. The molecule has 0 aliphatic rings. The third-order valence-electron chi connectivity index (χ3n) is 12.9. The lowest BCUT2D eigenvalue weighted by Crippen LogP contribution is -2.09. The highest BCUT2D eigenvalue weighted by Gasteiger charge is 2.35. The average Bonchev–Trinajstić information content (AvgIpc) is 3.90. The van der Waals surface area contributed by atoms with Crippen LogP contribution in [0.3, 0.4) is 0 Å². The van der Waals surface area contributed by atoms with Gasteiger partial charge < -0.3 is 9.13 Å². The molecule has 0 spiro atoms. The molecule has 0 aliphatic heterocycles. The van der Waals surface area contributed by atoms with Gasteiger partial charge in [0.2, 0.25) is 5.69 Å². The third kappa shape index (κ3) is 6.71. The molecule has 0 radical (unpaired) electrons. The first kappa shape index (κ1) is 40.4. The molecule has 4 aromatic heterocycles. The molecule has 0 saturated heterocycles. The molecule has 322 valence electrons. The van der Waals surface area contributed by atoms with E-state index in [1.807, 2.05) is 156 Å². The summed E-state index contributed by atoms with van der Waals surface area (Å²) in [4.78, 5) is 14.0. The Labute approximate surface area is 389 Å². The minimum Gasteiger partial charge on any atom is -0.319 e.